The Morgan fingerprint density at radius 3 is 2.42 bits per heavy atom. The smallest absolute Gasteiger partial charge is 0.398 e. The minimum Gasteiger partial charge on any atom is -0.398 e. The van der Waals surface area contributed by atoms with Crippen LogP contribution in [0.25, 0.3) is 11.0 Å². The number of imidazole rings is 1. The first-order chi connectivity index (χ1) is 14.6. The number of nitrogens with one attached hydrogen (secondary N) is 1. The number of aromatic nitrogens is 2. The normalized spacial score (nSPS) is 14.7. The lowest BCUT2D eigenvalue weighted by Crippen LogP contribution is -2.54. The lowest BCUT2D eigenvalue weighted by Gasteiger charge is -2.35. The van der Waals surface area contributed by atoms with E-state index in [9.17, 15) is 8.42 Å². The van der Waals surface area contributed by atoms with Gasteiger partial charge in [-0.1, -0.05) is 12.1 Å². The quantitative estimate of drug-likeness (QED) is 0.212. The summed E-state index contributed by atoms with van der Waals surface area (Å²) in [6.07, 6.45) is 1.08. The number of nitrogens with zero attached hydrogens (tertiary/aromatic N) is 1. The van der Waals surface area contributed by atoms with Crippen LogP contribution >= 0.6 is 11.8 Å². The van der Waals surface area contributed by atoms with Gasteiger partial charge in [0.25, 0.3) is 10.1 Å². The highest BCUT2D eigenvalue weighted by Gasteiger charge is 2.47. The van der Waals surface area contributed by atoms with E-state index in [0.717, 1.165) is 40.8 Å². The van der Waals surface area contributed by atoms with E-state index in [-0.39, 0.29) is 18.2 Å². The molecule has 1 unspecified atom stereocenters. The first-order valence-corrected chi connectivity index (χ1v) is 17.2. The number of benzene rings is 1. The first-order valence-electron chi connectivity index (χ1n) is 9.96. The lowest BCUT2D eigenvalue weighted by atomic mass is 10.3. The summed E-state index contributed by atoms with van der Waals surface area (Å²) in [6, 6.07) is 9.00. The number of rotatable bonds is 15. The number of fused-ring (bicyclic) bond motifs is 1. The Kier molecular flexibility index (Phi) is 10.2. The molecule has 0 aliphatic carbocycles. The molecule has 2 N–H and O–H groups in total. The fourth-order valence-corrected chi connectivity index (χ4v) is 11.7. The van der Waals surface area contributed by atoms with Crippen LogP contribution in [-0.2, 0) is 33.3 Å². The van der Waals surface area contributed by atoms with Crippen molar-refractivity contribution in [1.82, 2.24) is 9.97 Å². The van der Waals surface area contributed by atoms with E-state index in [1.807, 2.05) is 30.8 Å². The first kappa shape index (κ1) is 26.5. The minimum absolute atomic E-state index is 0.189. The molecule has 0 amide bonds. The van der Waals surface area contributed by atoms with Crippen LogP contribution in [0.1, 0.15) is 18.7 Å². The summed E-state index contributed by atoms with van der Waals surface area (Å²) in [7, 11) is -5.11. The third-order valence-electron chi connectivity index (χ3n) is 4.91. The molecular weight excluding hydrogens is 477 g/mol. The lowest BCUT2D eigenvalue weighted by molar-refractivity contribution is 0.135. The molecule has 0 bridgehead atoms. The van der Waals surface area contributed by atoms with Crippen molar-refractivity contribution in [2.45, 2.75) is 37.2 Å². The van der Waals surface area contributed by atoms with Crippen LogP contribution in [0.4, 0.5) is 0 Å². The maximum Gasteiger partial charge on any atom is 0.491 e. The summed E-state index contributed by atoms with van der Waals surface area (Å²) in [6.45, 7) is 1.96. The van der Waals surface area contributed by atoms with E-state index >= 15 is 0 Å². The maximum atomic E-state index is 11.0. The van der Waals surface area contributed by atoms with E-state index < -0.39 is 27.5 Å². The van der Waals surface area contributed by atoms with Crippen LogP contribution in [0, 0.1) is 0 Å². The number of para-hydroxylation sites is 2. The summed E-state index contributed by atoms with van der Waals surface area (Å²) in [5.74, 6) is 2.31. The molecule has 2 rings (SSSR count). The number of hydrogen-bond acceptors (Lipinski definition) is 8. The summed E-state index contributed by atoms with van der Waals surface area (Å²) in [5, 5.41) is 0. The maximum absolute atomic E-state index is 11.0. The summed E-state index contributed by atoms with van der Waals surface area (Å²) < 4.78 is 54.2. The molecule has 31 heavy (non-hydrogen) atoms. The predicted octanol–water partition coefficient (Wildman–Crippen LogP) is 3.43. The molecule has 0 radical (unpaired) electrons. The van der Waals surface area contributed by atoms with Gasteiger partial charge in [0.2, 0.25) is 0 Å². The monoisotopic (exact) mass is 508 g/mol. The van der Waals surface area contributed by atoms with Gasteiger partial charge in [0.15, 0.2) is 0 Å². The average Bonchev–Trinajstić information content (AvgIpc) is 3.14. The molecule has 1 atom stereocenters. The Hall–Kier alpha value is -0.776. The topological polar surface area (TPSA) is 120 Å². The SMILES string of the molecule is CO[Si](C)(CCCSCc1nc2ccccc2[nH]1)O[Si](CCCS(=O)(=O)O)(OC)OC. The molecule has 9 nitrogen and oxygen atoms in total. The molecule has 0 saturated heterocycles. The van der Waals surface area contributed by atoms with Gasteiger partial charge < -0.3 is 22.4 Å². The van der Waals surface area contributed by atoms with Crippen molar-refractivity contribution < 1.29 is 30.4 Å². The highest BCUT2D eigenvalue weighted by Crippen LogP contribution is 2.27. The van der Waals surface area contributed by atoms with Crippen molar-refractivity contribution in [2.75, 3.05) is 32.8 Å². The number of hydrogen-bond donors (Lipinski definition) is 2. The number of thioether (sulfide) groups is 1. The largest absolute Gasteiger partial charge is 0.491 e. The van der Waals surface area contributed by atoms with Gasteiger partial charge in [0, 0.05) is 27.4 Å². The van der Waals surface area contributed by atoms with Crippen molar-refractivity contribution in [3.63, 3.8) is 0 Å². The Balaban J connectivity index is 1.83. The van der Waals surface area contributed by atoms with Gasteiger partial charge in [-0.05, 0) is 43.3 Å². The Labute approximate surface area is 190 Å². The van der Waals surface area contributed by atoms with Crippen LogP contribution in [0.15, 0.2) is 24.3 Å². The van der Waals surface area contributed by atoms with E-state index in [4.69, 9.17) is 21.9 Å². The third kappa shape index (κ3) is 8.59. The summed E-state index contributed by atoms with van der Waals surface area (Å²) in [4.78, 5) is 7.92. The zero-order valence-corrected chi connectivity index (χ0v) is 22.1. The molecule has 1 aromatic carbocycles. The Morgan fingerprint density at radius 2 is 1.81 bits per heavy atom. The predicted molar refractivity (Wildman–Crippen MR) is 127 cm³/mol. The van der Waals surface area contributed by atoms with Crippen LogP contribution in [0.5, 0.6) is 0 Å². The van der Waals surface area contributed by atoms with Crippen LogP contribution in [-0.4, -0.2) is 73.1 Å². The molecule has 0 saturated carbocycles. The fourth-order valence-electron chi connectivity index (χ4n) is 3.15. The Morgan fingerprint density at radius 1 is 1.10 bits per heavy atom. The fraction of sp³-hybridized carbons (Fsp3) is 0.611. The number of aromatic amines is 1. The van der Waals surface area contributed by atoms with E-state index in [1.54, 1.807) is 18.9 Å². The standard InChI is InChI=1S/C18H32N2O7S2Si2/c1-24-30(4,27-31(25-2,26-3)14-8-12-29(21,22)23)13-7-11-28-15-18-19-16-9-5-6-10-17(16)20-18/h5-6,9-10H,7-8,11-15H2,1-4H3,(H,19,20)(H,21,22,23). The third-order valence-corrected chi connectivity index (χ3v) is 14.1. The molecule has 1 heterocycles. The van der Waals surface area contributed by atoms with Gasteiger partial charge in [-0.15, -0.1) is 0 Å². The van der Waals surface area contributed by atoms with Crippen molar-refractivity contribution in [1.29, 1.82) is 0 Å². The summed E-state index contributed by atoms with van der Waals surface area (Å²) >= 11 is 1.79. The molecule has 0 fully saturated rings. The zero-order valence-electron chi connectivity index (χ0n) is 18.4. The van der Waals surface area contributed by atoms with E-state index in [2.05, 4.69) is 9.97 Å². The zero-order chi connectivity index (χ0) is 23.0. The van der Waals surface area contributed by atoms with Gasteiger partial charge in [-0.2, -0.15) is 20.2 Å². The van der Waals surface area contributed by atoms with Gasteiger partial charge >= 0.3 is 17.4 Å². The second kappa shape index (κ2) is 11.9. The van der Waals surface area contributed by atoms with Crippen LogP contribution in [0.2, 0.25) is 18.6 Å². The highest BCUT2D eigenvalue weighted by atomic mass is 32.2. The molecule has 1 aromatic heterocycles. The molecule has 176 valence electrons. The molecule has 2 aromatic rings. The second-order valence-electron chi connectivity index (χ2n) is 7.28. The molecular formula is C18H32N2O7S2Si2. The second-order valence-corrected chi connectivity index (χ2v) is 16.6. The molecule has 13 heteroatoms. The van der Waals surface area contributed by atoms with Crippen molar-refractivity contribution in [3.8, 4) is 0 Å². The molecule has 0 spiro atoms. The van der Waals surface area contributed by atoms with Crippen LogP contribution < -0.4 is 0 Å². The van der Waals surface area contributed by atoms with Crippen molar-refractivity contribution in [3.05, 3.63) is 30.1 Å². The van der Waals surface area contributed by atoms with E-state index in [0.29, 0.717) is 0 Å². The Bertz CT molecular complexity index is 892. The van der Waals surface area contributed by atoms with Gasteiger partial charge in [-0.3, -0.25) is 4.55 Å². The van der Waals surface area contributed by atoms with Crippen molar-refractivity contribution in [2.24, 2.45) is 0 Å². The van der Waals surface area contributed by atoms with Gasteiger partial charge in [0.1, 0.15) is 5.82 Å². The molecule has 0 aliphatic heterocycles. The minimum atomic E-state index is -4.04. The summed E-state index contributed by atoms with van der Waals surface area (Å²) in [5.41, 5.74) is 2.01. The van der Waals surface area contributed by atoms with Gasteiger partial charge in [-0.25, -0.2) is 4.98 Å². The van der Waals surface area contributed by atoms with Crippen molar-refractivity contribution >= 4 is 50.3 Å². The highest BCUT2D eigenvalue weighted by molar-refractivity contribution is 7.98. The van der Waals surface area contributed by atoms with Gasteiger partial charge in [0.05, 0.1) is 22.5 Å². The average molecular weight is 509 g/mol. The number of H-pyrrole nitrogens is 1. The van der Waals surface area contributed by atoms with Crippen LogP contribution in [0.3, 0.4) is 0 Å². The molecule has 0 aliphatic rings. The van der Waals surface area contributed by atoms with E-state index in [1.165, 1.54) is 14.2 Å².